The molecule has 114 valence electrons. The second kappa shape index (κ2) is 9.45. The van der Waals surface area contributed by atoms with Crippen LogP contribution in [0, 0.1) is 8.80 Å². The van der Waals surface area contributed by atoms with Crippen LogP contribution in [-0.4, -0.2) is 37.5 Å². The second-order valence-electron chi connectivity index (χ2n) is 5.12. The van der Waals surface area contributed by atoms with Gasteiger partial charge in [0.15, 0.2) is 5.96 Å². The Hall–Kier alpha value is 0.430. The molecule has 0 aliphatic carbocycles. The Morgan fingerprint density at radius 1 is 1.55 bits per heavy atom. The molecule has 0 amide bonds. The largest absolute Gasteiger partial charge is 0.356 e. The number of thiophene rings is 1. The van der Waals surface area contributed by atoms with E-state index in [0.29, 0.717) is 0 Å². The van der Waals surface area contributed by atoms with E-state index in [0.717, 1.165) is 37.9 Å². The first-order valence-electron chi connectivity index (χ1n) is 6.89. The van der Waals surface area contributed by atoms with Crippen LogP contribution in [0.1, 0.15) is 24.6 Å². The Morgan fingerprint density at radius 2 is 2.35 bits per heavy atom. The first-order chi connectivity index (χ1) is 9.19. The van der Waals surface area contributed by atoms with Crippen molar-refractivity contribution in [2.24, 2.45) is 10.9 Å². The van der Waals surface area contributed by atoms with Gasteiger partial charge in [-0.15, -0.1) is 35.3 Å². The molecule has 0 radical (unpaired) electrons. The molecule has 1 N–H and O–H groups in total. The van der Waals surface area contributed by atoms with Crippen molar-refractivity contribution in [2.75, 3.05) is 26.7 Å². The van der Waals surface area contributed by atoms with E-state index in [-0.39, 0.29) is 24.0 Å². The van der Waals surface area contributed by atoms with Crippen LogP contribution >= 0.6 is 57.9 Å². The highest BCUT2D eigenvalue weighted by atomic mass is 127. The maximum atomic E-state index is 4.42. The molecule has 1 unspecified atom stereocenters. The van der Waals surface area contributed by atoms with Gasteiger partial charge in [-0.3, -0.25) is 4.99 Å². The van der Waals surface area contributed by atoms with E-state index in [9.17, 15) is 0 Å². The number of hydrogen-bond donors (Lipinski definition) is 1. The molecule has 2 rings (SSSR count). The lowest BCUT2D eigenvalue weighted by Gasteiger charge is -2.33. The normalized spacial score (nSPS) is 19.6. The topological polar surface area (TPSA) is 27.6 Å². The van der Waals surface area contributed by atoms with Gasteiger partial charge in [0.05, 0.1) is 2.88 Å². The van der Waals surface area contributed by atoms with E-state index < -0.39 is 0 Å². The van der Waals surface area contributed by atoms with E-state index in [1.165, 1.54) is 20.6 Å². The maximum Gasteiger partial charge on any atom is 0.193 e. The third kappa shape index (κ3) is 5.67. The van der Waals surface area contributed by atoms with E-state index in [1.54, 1.807) is 0 Å². The summed E-state index contributed by atoms with van der Waals surface area (Å²) < 4.78 is 1.36. The van der Waals surface area contributed by atoms with E-state index >= 15 is 0 Å². The van der Waals surface area contributed by atoms with Crippen LogP contribution in [0.2, 0.25) is 0 Å². The molecule has 0 saturated carbocycles. The number of hydrogen-bond acceptors (Lipinski definition) is 2. The van der Waals surface area contributed by atoms with Gasteiger partial charge >= 0.3 is 0 Å². The van der Waals surface area contributed by atoms with Crippen molar-refractivity contribution >= 4 is 63.9 Å². The molecule has 1 aromatic heterocycles. The van der Waals surface area contributed by atoms with Crippen LogP contribution in [0.15, 0.2) is 17.1 Å². The fourth-order valence-corrected chi connectivity index (χ4v) is 4.25. The number of guanidine groups is 1. The maximum absolute atomic E-state index is 4.42. The van der Waals surface area contributed by atoms with Crippen molar-refractivity contribution in [3.63, 3.8) is 0 Å². The lowest BCUT2D eigenvalue weighted by atomic mass is 10.0. The molecule has 1 aliphatic heterocycles. The Bertz CT molecular complexity index is 434. The molecule has 0 aromatic carbocycles. The minimum Gasteiger partial charge on any atom is -0.356 e. The Balaban J connectivity index is 0.00000200. The van der Waals surface area contributed by atoms with E-state index in [4.69, 9.17) is 0 Å². The van der Waals surface area contributed by atoms with Crippen LogP contribution in [0.5, 0.6) is 0 Å². The van der Waals surface area contributed by atoms with Gasteiger partial charge in [-0.2, -0.15) is 0 Å². The highest BCUT2D eigenvalue weighted by Gasteiger charge is 2.18. The predicted molar refractivity (Wildman–Crippen MR) is 107 cm³/mol. The predicted octanol–water partition coefficient (Wildman–Crippen LogP) is 3.82. The van der Waals surface area contributed by atoms with Crippen molar-refractivity contribution in [1.82, 2.24) is 10.2 Å². The molecule has 2 heterocycles. The molecule has 6 heteroatoms. The average Bonchev–Trinajstić information content (AvgIpc) is 2.80. The average molecular weight is 519 g/mol. The van der Waals surface area contributed by atoms with E-state index in [1.807, 2.05) is 18.4 Å². The molecule has 3 nitrogen and oxygen atoms in total. The van der Waals surface area contributed by atoms with E-state index in [2.05, 4.69) is 56.9 Å². The van der Waals surface area contributed by atoms with Crippen molar-refractivity contribution in [1.29, 1.82) is 0 Å². The molecule has 0 spiro atoms. The monoisotopic (exact) mass is 519 g/mol. The molecule has 1 fully saturated rings. The second-order valence-corrected chi connectivity index (χ2v) is 8.19. The number of aliphatic imine (C=N–C) groups is 1. The third-order valence-electron chi connectivity index (χ3n) is 3.45. The quantitative estimate of drug-likeness (QED) is 0.374. The highest BCUT2D eigenvalue weighted by Crippen LogP contribution is 2.18. The third-order valence-corrected chi connectivity index (χ3v) is 5.41. The van der Waals surface area contributed by atoms with Gasteiger partial charge < -0.3 is 10.2 Å². The molecule has 1 aliphatic rings. The summed E-state index contributed by atoms with van der Waals surface area (Å²) in [7, 11) is 1.88. The van der Waals surface area contributed by atoms with Crippen molar-refractivity contribution in [3.8, 4) is 0 Å². The van der Waals surface area contributed by atoms with Crippen molar-refractivity contribution < 1.29 is 0 Å². The molecule has 0 bridgehead atoms. The minimum atomic E-state index is 0. The first kappa shape index (κ1) is 18.5. The molecule has 1 saturated heterocycles. The molecular weight excluding hydrogens is 496 g/mol. The van der Waals surface area contributed by atoms with Crippen LogP contribution < -0.4 is 5.32 Å². The Labute approximate surface area is 156 Å². The summed E-state index contributed by atoms with van der Waals surface area (Å²) in [4.78, 5) is 8.25. The van der Waals surface area contributed by atoms with Crippen molar-refractivity contribution in [2.45, 2.75) is 26.2 Å². The van der Waals surface area contributed by atoms with Gasteiger partial charge in [0, 0.05) is 31.6 Å². The summed E-state index contributed by atoms with van der Waals surface area (Å²) in [6, 6.07) is 4.40. The minimum absolute atomic E-state index is 0. The fraction of sp³-hybridized carbons (Fsp3) is 0.643. The zero-order valence-corrected chi connectivity index (χ0v) is 17.4. The van der Waals surface area contributed by atoms with Gasteiger partial charge in [-0.25, -0.2) is 0 Å². The highest BCUT2D eigenvalue weighted by molar-refractivity contribution is 14.1. The summed E-state index contributed by atoms with van der Waals surface area (Å²) in [6.45, 7) is 5.57. The first-order valence-corrected chi connectivity index (χ1v) is 8.78. The lowest BCUT2D eigenvalue weighted by molar-refractivity contribution is 0.266. The van der Waals surface area contributed by atoms with Gasteiger partial charge in [0.25, 0.3) is 0 Å². The van der Waals surface area contributed by atoms with Gasteiger partial charge in [0.1, 0.15) is 0 Å². The van der Waals surface area contributed by atoms with Gasteiger partial charge in [-0.1, -0.05) is 6.92 Å². The summed E-state index contributed by atoms with van der Waals surface area (Å²) in [5.41, 5.74) is 0. The Kier molecular flexibility index (Phi) is 8.73. The Morgan fingerprint density at radius 3 is 2.95 bits per heavy atom. The number of halogens is 2. The summed E-state index contributed by atoms with van der Waals surface area (Å²) in [5, 5.41) is 3.50. The summed E-state index contributed by atoms with van der Waals surface area (Å²) in [6.07, 6.45) is 3.71. The molecule has 1 atom stereocenters. The number of likely N-dealkylation sites (tertiary alicyclic amines) is 1. The zero-order chi connectivity index (χ0) is 13.7. The number of nitrogens with one attached hydrogen (secondary N) is 1. The molecule has 1 aromatic rings. The lowest BCUT2D eigenvalue weighted by Crippen LogP contribution is -2.46. The fourth-order valence-electron chi connectivity index (χ4n) is 2.50. The number of rotatable bonds is 3. The van der Waals surface area contributed by atoms with Gasteiger partial charge in [0.2, 0.25) is 0 Å². The SMILES string of the molecule is CN=C(NCCc1ccc(I)s1)N1CCCC(C)C1.I. The smallest absolute Gasteiger partial charge is 0.193 e. The summed E-state index contributed by atoms with van der Waals surface area (Å²) in [5.74, 6) is 1.85. The van der Waals surface area contributed by atoms with Crippen molar-refractivity contribution in [3.05, 3.63) is 19.9 Å². The number of nitrogens with zero attached hydrogens (tertiary/aromatic N) is 2. The van der Waals surface area contributed by atoms with Crippen LogP contribution in [-0.2, 0) is 6.42 Å². The standard InChI is InChI=1S/C14H22IN3S.HI/c1-11-4-3-9-18(10-11)14(16-2)17-8-7-12-5-6-13(15)19-12;/h5-6,11H,3-4,7-10H2,1-2H3,(H,16,17);1H. The summed E-state index contributed by atoms with van der Waals surface area (Å²) >= 11 is 4.25. The number of piperidine rings is 1. The van der Waals surface area contributed by atoms with Gasteiger partial charge in [-0.05, 0) is 59.9 Å². The van der Waals surface area contributed by atoms with Crippen LogP contribution in [0.3, 0.4) is 0 Å². The van der Waals surface area contributed by atoms with Crippen LogP contribution in [0.4, 0.5) is 0 Å². The van der Waals surface area contributed by atoms with Crippen LogP contribution in [0.25, 0.3) is 0 Å². The zero-order valence-electron chi connectivity index (χ0n) is 12.1. The molecule has 20 heavy (non-hydrogen) atoms. The molecular formula is C14H23I2N3S.